The van der Waals surface area contributed by atoms with Gasteiger partial charge in [0, 0.05) is 13.1 Å². The number of hydrogen-bond acceptors (Lipinski definition) is 2. The van der Waals surface area contributed by atoms with E-state index in [1.165, 1.54) is 0 Å². The Hall–Kier alpha value is -2.01. The average molecular weight is 281 g/mol. The lowest BCUT2D eigenvalue weighted by atomic mass is 10.2. The summed E-state index contributed by atoms with van der Waals surface area (Å²) in [5.74, 6) is -3.06. The third kappa shape index (κ3) is 3.51. The first-order valence-electron chi connectivity index (χ1n) is 6.07. The monoisotopic (exact) mass is 281 g/mol. The van der Waals surface area contributed by atoms with Crippen LogP contribution in [0.15, 0.2) is 36.4 Å². The molecular weight excluding hydrogens is 267 g/mol. The van der Waals surface area contributed by atoms with Crippen LogP contribution < -0.4 is 10.1 Å². The molecule has 0 aliphatic carbocycles. The second kappa shape index (κ2) is 6.43. The van der Waals surface area contributed by atoms with E-state index in [-0.39, 0.29) is 6.54 Å². The number of benzene rings is 2. The Kier molecular flexibility index (Phi) is 4.63. The molecule has 2 aromatic carbocycles. The Balaban J connectivity index is 1.95. The molecule has 0 aliphatic heterocycles. The van der Waals surface area contributed by atoms with E-state index in [0.717, 1.165) is 23.4 Å². The van der Waals surface area contributed by atoms with Gasteiger partial charge in [-0.15, -0.1) is 0 Å². The van der Waals surface area contributed by atoms with Crippen LogP contribution >= 0.6 is 0 Å². The zero-order valence-electron chi connectivity index (χ0n) is 10.9. The number of halogens is 3. The highest BCUT2D eigenvalue weighted by molar-refractivity contribution is 5.28. The molecule has 0 saturated heterocycles. The van der Waals surface area contributed by atoms with Gasteiger partial charge in [-0.2, -0.15) is 0 Å². The lowest BCUT2D eigenvalue weighted by molar-refractivity contribution is 0.414. The summed E-state index contributed by atoms with van der Waals surface area (Å²) in [7, 11) is 1.58. The lowest BCUT2D eigenvalue weighted by Gasteiger charge is -2.07. The summed E-state index contributed by atoms with van der Waals surface area (Å²) in [6.45, 7) is 0.753. The zero-order chi connectivity index (χ0) is 14.5. The molecule has 0 bridgehead atoms. The number of hydrogen-bond donors (Lipinski definition) is 1. The van der Waals surface area contributed by atoms with E-state index in [1.54, 1.807) is 7.11 Å². The summed E-state index contributed by atoms with van der Waals surface area (Å²) < 4.78 is 44.0. The standard InChI is InChI=1S/C15H14F3NO/c1-20-12-4-2-3-10(5-12)8-19-9-11-6-13(16)15(18)14(17)7-11/h2-7,19H,8-9H2,1H3. The van der Waals surface area contributed by atoms with Crippen LogP contribution in [0.2, 0.25) is 0 Å². The summed E-state index contributed by atoms with van der Waals surface area (Å²) in [5.41, 5.74) is 1.33. The van der Waals surface area contributed by atoms with Crippen molar-refractivity contribution < 1.29 is 17.9 Å². The van der Waals surface area contributed by atoms with Crippen molar-refractivity contribution in [2.24, 2.45) is 0 Å². The van der Waals surface area contributed by atoms with E-state index in [9.17, 15) is 13.2 Å². The minimum atomic E-state index is -1.44. The number of rotatable bonds is 5. The predicted octanol–water partition coefficient (Wildman–Crippen LogP) is 3.40. The molecule has 1 N–H and O–H groups in total. The molecule has 0 unspecified atom stereocenters. The van der Waals surface area contributed by atoms with Crippen molar-refractivity contribution in [1.29, 1.82) is 0 Å². The molecule has 0 radical (unpaired) electrons. The van der Waals surface area contributed by atoms with Crippen molar-refractivity contribution in [2.75, 3.05) is 7.11 Å². The maximum atomic E-state index is 13.0. The lowest BCUT2D eigenvalue weighted by Crippen LogP contribution is -2.13. The SMILES string of the molecule is COc1cccc(CNCc2cc(F)c(F)c(F)c2)c1. The molecule has 0 heterocycles. The van der Waals surface area contributed by atoms with Crippen molar-refractivity contribution in [3.63, 3.8) is 0 Å². The van der Waals surface area contributed by atoms with Gasteiger partial charge in [0.05, 0.1) is 7.11 Å². The van der Waals surface area contributed by atoms with Gasteiger partial charge in [-0.3, -0.25) is 0 Å². The Morgan fingerprint density at radius 2 is 1.60 bits per heavy atom. The van der Waals surface area contributed by atoms with Gasteiger partial charge < -0.3 is 10.1 Å². The summed E-state index contributed by atoms with van der Waals surface area (Å²) in [6.07, 6.45) is 0. The average Bonchev–Trinajstić information content (AvgIpc) is 2.45. The smallest absolute Gasteiger partial charge is 0.194 e. The van der Waals surface area contributed by atoms with Gasteiger partial charge in [-0.1, -0.05) is 12.1 Å². The quantitative estimate of drug-likeness (QED) is 0.848. The molecule has 2 aromatic rings. The minimum absolute atomic E-state index is 0.241. The van der Waals surface area contributed by atoms with Crippen molar-refractivity contribution >= 4 is 0 Å². The molecule has 2 rings (SSSR count). The van der Waals surface area contributed by atoms with E-state index in [4.69, 9.17) is 4.74 Å². The van der Waals surface area contributed by atoms with E-state index in [1.807, 2.05) is 24.3 Å². The third-order valence-corrected chi connectivity index (χ3v) is 2.84. The van der Waals surface area contributed by atoms with Crippen LogP contribution in [0.5, 0.6) is 5.75 Å². The molecule has 0 amide bonds. The van der Waals surface area contributed by atoms with E-state index >= 15 is 0 Å². The maximum Gasteiger partial charge on any atom is 0.194 e. The fourth-order valence-electron chi connectivity index (χ4n) is 1.84. The topological polar surface area (TPSA) is 21.3 Å². The van der Waals surface area contributed by atoms with Crippen LogP contribution in [0.3, 0.4) is 0 Å². The highest BCUT2D eigenvalue weighted by Crippen LogP contribution is 2.14. The van der Waals surface area contributed by atoms with Crippen LogP contribution in [0, 0.1) is 17.5 Å². The second-order valence-electron chi connectivity index (χ2n) is 4.33. The molecule has 0 fully saturated rings. The van der Waals surface area contributed by atoms with E-state index < -0.39 is 17.5 Å². The first kappa shape index (κ1) is 14.4. The first-order valence-corrected chi connectivity index (χ1v) is 6.07. The van der Waals surface area contributed by atoms with Gasteiger partial charge >= 0.3 is 0 Å². The van der Waals surface area contributed by atoms with Crippen molar-refractivity contribution in [2.45, 2.75) is 13.1 Å². The highest BCUT2D eigenvalue weighted by Gasteiger charge is 2.10. The van der Waals surface area contributed by atoms with Crippen LogP contribution in [-0.4, -0.2) is 7.11 Å². The second-order valence-corrected chi connectivity index (χ2v) is 4.33. The number of nitrogens with one attached hydrogen (secondary N) is 1. The molecule has 0 saturated carbocycles. The molecule has 2 nitrogen and oxygen atoms in total. The van der Waals surface area contributed by atoms with Crippen molar-refractivity contribution in [3.05, 3.63) is 65.0 Å². The van der Waals surface area contributed by atoms with Crippen molar-refractivity contribution in [1.82, 2.24) is 5.32 Å². The first-order chi connectivity index (χ1) is 9.60. The fourth-order valence-corrected chi connectivity index (χ4v) is 1.84. The van der Waals surface area contributed by atoms with Crippen LogP contribution in [0.4, 0.5) is 13.2 Å². The fraction of sp³-hybridized carbons (Fsp3) is 0.200. The largest absolute Gasteiger partial charge is 0.497 e. The van der Waals surface area contributed by atoms with Gasteiger partial charge in [0.2, 0.25) is 0 Å². The summed E-state index contributed by atoms with van der Waals surface area (Å²) >= 11 is 0. The molecule has 106 valence electrons. The van der Waals surface area contributed by atoms with Crippen LogP contribution in [-0.2, 0) is 13.1 Å². The van der Waals surface area contributed by atoms with Crippen molar-refractivity contribution in [3.8, 4) is 5.75 Å². The minimum Gasteiger partial charge on any atom is -0.497 e. The number of ether oxygens (including phenoxy) is 1. The van der Waals surface area contributed by atoms with Crippen LogP contribution in [0.25, 0.3) is 0 Å². The van der Waals surface area contributed by atoms with E-state index in [0.29, 0.717) is 12.1 Å². The Labute approximate surface area is 115 Å². The molecule has 0 atom stereocenters. The Morgan fingerprint density at radius 3 is 2.25 bits per heavy atom. The van der Waals surface area contributed by atoms with Gasteiger partial charge in [-0.25, -0.2) is 13.2 Å². The third-order valence-electron chi connectivity index (χ3n) is 2.84. The Morgan fingerprint density at radius 1 is 0.950 bits per heavy atom. The summed E-state index contributed by atoms with van der Waals surface area (Å²) in [4.78, 5) is 0. The molecule has 5 heteroatoms. The maximum absolute atomic E-state index is 13.0. The zero-order valence-corrected chi connectivity index (χ0v) is 10.9. The summed E-state index contributed by atoms with van der Waals surface area (Å²) in [6, 6.07) is 9.41. The normalized spacial score (nSPS) is 10.6. The molecular formula is C15H14F3NO. The molecule has 0 aromatic heterocycles. The van der Waals surface area contributed by atoms with Gasteiger partial charge in [0.15, 0.2) is 17.5 Å². The van der Waals surface area contributed by atoms with Crippen LogP contribution in [0.1, 0.15) is 11.1 Å². The number of methoxy groups -OCH3 is 1. The van der Waals surface area contributed by atoms with Gasteiger partial charge in [0.25, 0.3) is 0 Å². The Bertz CT molecular complexity index is 578. The highest BCUT2D eigenvalue weighted by atomic mass is 19.2. The van der Waals surface area contributed by atoms with E-state index in [2.05, 4.69) is 5.32 Å². The molecule has 20 heavy (non-hydrogen) atoms. The predicted molar refractivity (Wildman–Crippen MR) is 69.9 cm³/mol. The summed E-state index contributed by atoms with van der Waals surface area (Å²) in [5, 5.41) is 3.03. The molecule has 0 aliphatic rings. The van der Waals surface area contributed by atoms with Gasteiger partial charge in [0.1, 0.15) is 5.75 Å². The van der Waals surface area contributed by atoms with Gasteiger partial charge in [-0.05, 0) is 35.4 Å². The molecule has 0 spiro atoms.